The van der Waals surface area contributed by atoms with Gasteiger partial charge in [-0.05, 0) is 24.3 Å². The Morgan fingerprint density at radius 3 is 2.44 bits per heavy atom. The molecule has 3 aromatic rings. The molecule has 2 atom stereocenters. The molecule has 0 bridgehead atoms. The minimum atomic E-state index is -1.13. The van der Waals surface area contributed by atoms with Crippen LogP contribution in [0.15, 0.2) is 59.7 Å². The summed E-state index contributed by atoms with van der Waals surface area (Å²) >= 11 is 0. The highest BCUT2D eigenvalue weighted by atomic mass is 16.5. The summed E-state index contributed by atoms with van der Waals surface area (Å²) in [5, 5.41) is 23.8. The molecule has 0 saturated heterocycles. The van der Waals surface area contributed by atoms with E-state index in [1.54, 1.807) is 0 Å². The molecule has 0 saturated carbocycles. The van der Waals surface area contributed by atoms with Crippen LogP contribution in [0.4, 0.5) is 5.69 Å². The first kappa shape index (κ1) is 15.5. The van der Waals surface area contributed by atoms with E-state index in [1.807, 2.05) is 54.6 Å². The molecule has 0 aliphatic carbocycles. The topological polar surface area (TPSA) is 99.9 Å². The Hall–Kier alpha value is -3.03. The van der Waals surface area contributed by atoms with E-state index < -0.39 is 18.8 Å². The summed E-state index contributed by atoms with van der Waals surface area (Å²) < 4.78 is 5.71. The van der Waals surface area contributed by atoms with Crippen molar-refractivity contribution in [3.63, 3.8) is 0 Å². The average Bonchev–Trinajstić information content (AvgIpc) is 3.02. The summed E-state index contributed by atoms with van der Waals surface area (Å²) in [6, 6.07) is 16.8. The molecule has 0 spiro atoms. The zero-order valence-electron chi connectivity index (χ0n) is 13.2. The second-order valence-corrected chi connectivity index (χ2v) is 5.63. The maximum atomic E-state index is 10.1. The van der Waals surface area contributed by atoms with Crippen LogP contribution in [0.25, 0.3) is 11.0 Å². The zero-order valence-corrected chi connectivity index (χ0v) is 13.2. The van der Waals surface area contributed by atoms with E-state index in [-0.39, 0.29) is 0 Å². The molecule has 1 aromatic heterocycles. The molecule has 25 heavy (non-hydrogen) atoms. The number of anilines is 1. The molecule has 3 N–H and O–H groups in total. The van der Waals surface area contributed by atoms with Gasteiger partial charge in [0.15, 0.2) is 11.8 Å². The fourth-order valence-electron chi connectivity index (χ4n) is 2.65. The van der Waals surface area contributed by atoms with Gasteiger partial charge in [-0.3, -0.25) is 5.43 Å². The van der Waals surface area contributed by atoms with Crippen molar-refractivity contribution in [1.29, 1.82) is 0 Å². The maximum Gasteiger partial charge on any atom is 0.243 e. The van der Waals surface area contributed by atoms with Gasteiger partial charge < -0.3 is 14.9 Å². The van der Waals surface area contributed by atoms with E-state index in [0.29, 0.717) is 28.3 Å². The van der Waals surface area contributed by atoms with E-state index in [9.17, 15) is 10.2 Å². The average molecular weight is 336 g/mol. The number of fused-ring (bicyclic) bond motifs is 2. The molecule has 0 unspecified atom stereocenters. The Labute approximate surface area is 143 Å². The first-order chi connectivity index (χ1) is 12.3. The number of nitrogens with zero attached hydrogens (tertiary/aromatic N) is 3. The lowest BCUT2D eigenvalue weighted by Crippen LogP contribution is -2.38. The molecule has 1 aliphatic rings. The third-order valence-corrected chi connectivity index (χ3v) is 3.91. The van der Waals surface area contributed by atoms with Crippen LogP contribution in [0.5, 0.6) is 5.88 Å². The molecule has 1 aliphatic heterocycles. The van der Waals surface area contributed by atoms with Gasteiger partial charge in [0.2, 0.25) is 5.88 Å². The van der Waals surface area contributed by atoms with Crippen molar-refractivity contribution in [2.45, 2.75) is 12.2 Å². The van der Waals surface area contributed by atoms with E-state index in [0.717, 1.165) is 5.69 Å². The predicted octanol–water partition coefficient (Wildman–Crippen LogP) is 1.56. The highest BCUT2D eigenvalue weighted by Gasteiger charge is 2.38. The third kappa shape index (κ3) is 2.90. The number of aliphatic hydroxyl groups is 2. The lowest BCUT2D eigenvalue weighted by atomic mass is 10.1. The molecule has 0 fully saturated rings. The van der Waals surface area contributed by atoms with E-state index in [1.165, 1.54) is 0 Å². The molecule has 7 heteroatoms. The van der Waals surface area contributed by atoms with Gasteiger partial charge in [-0.25, -0.2) is 9.97 Å². The van der Waals surface area contributed by atoms with Crippen molar-refractivity contribution in [2.24, 2.45) is 5.10 Å². The highest BCUT2D eigenvalue weighted by molar-refractivity contribution is 6.08. The number of aromatic nitrogens is 2. The number of ether oxygens (including phenoxy) is 1. The minimum Gasteiger partial charge on any atom is -0.463 e. The van der Waals surface area contributed by atoms with Crippen molar-refractivity contribution in [3.05, 3.63) is 60.3 Å². The minimum absolute atomic E-state index is 0.296. The summed E-state index contributed by atoms with van der Waals surface area (Å²) in [6.07, 6.45) is -1.97. The molecule has 0 radical (unpaired) electrons. The van der Waals surface area contributed by atoms with Gasteiger partial charge >= 0.3 is 0 Å². The predicted molar refractivity (Wildman–Crippen MR) is 93.6 cm³/mol. The standard InChI is InChI=1S/C18H16N4O3/c23-10-14(24)17-15(22-21-11-6-2-1-3-7-11)16-18(25-17)20-13-9-5-4-8-12(13)19-16/h1-9,14,17,21,23-24H,10H2/b22-15+/t14-,17-/m0/s1. The number of para-hydroxylation sites is 3. The molecule has 2 aromatic carbocycles. The molecular formula is C18H16N4O3. The second-order valence-electron chi connectivity index (χ2n) is 5.63. The number of hydrogen-bond donors (Lipinski definition) is 3. The molecule has 4 rings (SSSR count). The third-order valence-electron chi connectivity index (χ3n) is 3.91. The van der Waals surface area contributed by atoms with Gasteiger partial charge in [0.25, 0.3) is 0 Å². The Kier molecular flexibility index (Phi) is 4.01. The summed E-state index contributed by atoms with van der Waals surface area (Å²) in [5.41, 5.74) is 5.97. The molecular weight excluding hydrogens is 320 g/mol. The van der Waals surface area contributed by atoms with Crippen LogP contribution in [-0.2, 0) is 0 Å². The summed E-state index contributed by atoms with van der Waals surface area (Å²) in [7, 11) is 0. The second kappa shape index (κ2) is 6.46. The molecule has 0 amide bonds. The molecule has 2 heterocycles. The van der Waals surface area contributed by atoms with Crippen LogP contribution in [0, 0.1) is 0 Å². The Morgan fingerprint density at radius 1 is 1.04 bits per heavy atom. The summed E-state index contributed by atoms with van der Waals surface area (Å²) in [6.45, 7) is -0.456. The fourth-order valence-corrected chi connectivity index (χ4v) is 2.65. The van der Waals surface area contributed by atoms with E-state index in [2.05, 4.69) is 20.5 Å². The molecule has 126 valence electrons. The Morgan fingerprint density at radius 2 is 1.72 bits per heavy atom. The van der Waals surface area contributed by atoms with Gasteiger partial charge in [0.05, 0.1) is 23.3 Å². The van der Waals surface area contributed by atoms with Crippen LogP contribution < -0.4 is 10.2 Å². The molecule has 7 nitrogen and oxygen atoms in total. The van der Waals surface area contributed by atoms with Crippen molar-refractivity contribution in [3.8, 4) is 5.88 Å². The lowest BCUT2D eigenvalue weighted by Gasteiger charge is -2.15. The van der Waals surface area contributed by atoms with Gasteiger partial charge in [0.1, 0.15) is 11.8 Å². The zero-order chi connectivity index (χ0) is 17.2. The first-order valence-corrected chi connectivity index (χ1v) is 7.87. The van der Waals surface area contributed by atoms with Crippen LogP contribution in [0.2, 0.25) is 0 Å². The fraction of sp³-hybridized carbons (Fsp3) is 0.167. The lowest BCUT2D eigenvalue weighted by molar-refractivity contribution is 0.0321. The SMILES string of the molecule is OC[C@H](O)[C@@H]1Oc2nc3ccccc3nc2/C1=N\Nc1ccccc1. The number of aliphatic hydroxyl groups excluding tert-OH is 2. The van der Waals surface area contributed by atoms with Gasteiger partial charge in [-0.2, -0.15) is 5.10 Å². The first-order valence-electron chi connectivity index (χ1n) is 7.87. The normalized spacial score (nSPS) is 18.8. The largest absolute Gasteiger partial charge is 0.463 e. The quantitative estimate of drug-likeness (QED) is 0.625. The monoisotopic (exact) mass is 336 g/mol. The van der Waals surface area contributed by atoms with Crippen molar-refractivity contribution >= 4 is 22.4 Å². The number of benzene rings is 2. The number of hydrazone groups is 1. The summed E-state index contributed by atoms with van der Waals surface area (Å²) in [5.74, 6) is 0.296. The van der Waals surface area contributed by atoms with Gasteiger partial charge in [-0.1, -0.05) is 30.3 Å². The van der Waals surface area contributed by atoms with Gasteiger partial charge in [0, 0.05) is 0 Å². The van der Waals surface area contributed by atoms with E-state index in [4.69, 9.17) is 4.74 Å². The van der Waals surface area contributed by atoms with Crippen molar-refractivity contribution in [2.75, 3.05) is 12.0 Å². The Balaban J connectivity index is 1.77. The van der Waals surface area contributed by atoms with Crippen LogP contribution >= 0.6 is 0 Å². The van der Waals surface area contributed by atoms with Crippen molar-refractivity contribution < 1.29 is 14.9 Å². The smallest absolute Gasteiger partial charge is 0.243 e. The maximum absolute atomic E-state index is 10.1. The van der Waals surface area contributed by atoms with Crippen molar-refractivity contribution in [1.82, 2.24) is 9.97 Å². The summed E-state index contributed by atoms with van der Waals surface area (Å²) in [4.78, 5) is 9.01. The Bertz CT molecular complexity index is 930. The van der Waals surface area contributed by atoms with E-state index >= 15 is 0 Å². The van der Waals surface area contributed by atoms with Crippen LogP contribution in [0.3, 0.4) is 0 Å². The number of hydrogen-bond acceptors (Lipinski definition) is 7. The highest BCUT2D eigenvalue weighted by Crippen LogP contribution is 2.29. The number of nitrogens with one attached hydrogen (secondary N) is 1. The van der Waals surface area contributed by atoms with Crippen LogP contribution in [0.1, 0.15) is 5.69 Å². The number of rotatable bonds is 4. The van der Waals surface area contributed by atoms with Crippen LogP contribution in [-0.4, -0.2) is 44.7 Å². The van der Waals surface area contributed by atoms with Gasteiger partial charge in [-0.15, -0.1) is 0 Å².